The van der Waals surface area contributed by atoms with E-state index < -0.39 is 23.9 Å². The minimum Gasteiger partial charge on any atom is -0.491 e. The predicted octanol–water partition coefficient (Wildman–Crippen LogP) is 4.24. The molecule has 0 unspecified atom stereocenters. The lowest BCUT2D eigenvalue weighted by molar-refractivity contribution is -0.137. The molecule has 0 aliphatic carbocycles. The molecule has 31 heavy (non-hydrogen) atoms. The molecule has 1 saturated heterocycles. The second-order valence-electron chi connectivity index (χ2n) is 7.64. The maximum absolute atomic E-state index is 13.0. The number of nitrogens with zero attached hydrogens (tertiary/aromatic N) is 2. The molecule has 2 aromatic carbocycles. The van der Waals surface area contributed by atoms with Gasteiger partial charge in [0.25, 0.3) is 0 Å². The molecule has 9 heteroatoms. The SMILES string of the molecule is O=C([C@H]1CCCN1C(=O)O)N1CCOc2ccc(-c3ccc(C(F)(F)F)cc3)cc2C1. The number of likely N-dealkylation sites (tertiary alicyclic amines) is 1. The highest BCUT2D eigenvalue weighted by Crippen LogP contribution is 2.33. The molecule has 0 spiro atoms. The number of amides is 2. The van der Waals surface area contributed by atoms with Gasteiger partial charge in [-0.05, 0) is 48.2 Å². The Kier molecular flexibility index (Phi) is 5.51. The van der Waals surface area contributed by atoms with Crippen LogP contribution >= 0.6 is 0 Å². The zero-order valence-corrected chi connectivity index (χ0v) is 16.6. The molecule has 1 atom stereocenters. The van der Waals surface area contributed by atoms with Crippen LogP contribution in [0.25, 0.3) is 11.1 Å². The lowest BCUT2D eigenvalue weighted by Crippen LogP contribution is -2.47. The van der Waals surface area contributed by atoms with Crippen molar-refractivity contribution in [2.45, 2.75) is 31.6 Å². The van der Waals surface area contributed by atoms with Crippen molar-refractivity contribution in [3.63, 3.8) is 0 Å². The number of hydrogen-bond donors (Lipinski definition) is 1. The number of carbonyl (C=O) groups is 2. The second kappa shape index (κ2) is 8.13. The van der Waals surface area contributed by atoms with Crippen molar-refractivity contribution in [2.24, 2.45) is 0 Å². The molecule has 2 heterocycles. The molecule has 1 N–H and O–H groups in total. The molecular formula is C22H21F3N2O4. The van der Waals surface area contributed by atoms with Crippen molar-refractivity contribution in [1.82, 2.24) is 9.80 Å². The highest BCUT2D eigenvalue weighted by atomic mass is 19.4. The summed E-state index contributed by atoms with van der Waals surface area (Å²) in [6.45, 7) is 1.18. The number of alkyl halides is 3. The largest absolute Gasteiger partial charge is 0.491 e. The molecule has 4 rings (SSSR count). The Balaban J connectivity index is 1.57. The van der Waals surface area contributed by atoms with Gasteiger partial charge in [0.2, 0.25) is 5.91 Å². The average molecular weight is 434 g/mol. The van der Waals surface area contributed by atoms with Gasteiger partial charge in [0.15, 0.2) is 0 Å². The number of halogens is 3. The van der Waals surface area contributed by atoms with Crippen LogP contribution < -0.4 is 4.74 Å². The van der Waals surface area contributed by atoms with Crippen LogP contribution in [0.4, 0.5) is 18.0 Å². The summed E-state index contributed by atoms with van der Waals surface area (Å²) in [5, 5.41) is 9.34. The zero-order chi connectivity index (χ0) is 22.2. The molecular weight excluding hydrogens is 413 g/mol. The molecule has 2 amide bonds. The standard InChI is InChI=1S/C22H21F3N2O4/c23-22(24,25)17-6-3-14(4-7-17)15-5-8-19-16(12-15)13-26(10-11-31-19)20(28)18-2-1-9-27(18)21(29)30/h3-8,12,18H,1-2,9-11,13H2,(H,29,30)/t18-/m1/s1. The number of ether oxygens (including phenoxy) is 1. The van der Waals surface area contributed by atoms with Crippen molar-refractivity contribution in [3.8, 4) is 16.9 Å². The van der Waals surface area contributed by atoms with E-state index in [0.29, 0.717) is 42.8 Å². The van der Waals surface area contributed by atoms with Gasteiger partial charge in [-0.25, -0.2) is 4.79 Å². The predicted molar refractivity (Wildman–Crippen MR) is 106 cm³/mol. The quantitative estimate of drug-likeness (QED) is 0.768. The van der Waals surface area contributed by atoms with Gasteiger partial charge in [0.1, 0.15) is 18.4 Å². The van der Waals surface area contributed by atoms with Crippen molar-refractivity contribution < 1.29 is 32.6 Å². The van der Waals surface area contributed by atoms with Crippen LogP contribution in [-0.4, -0.2) is 52.6 Å². The summed E-state index contributed by atoms with van der Waals surface area (Å²) in [5.41, 5.74) is 1.33. The number of rotatable bonds is 2. The maximum atomic E-state index is 13.0. The molecule has 164 valence electrons. The van der Waals surface area contributed by atoms with Crippen molar-refractivity contribution in [3.05, 3.63) is 53.6 Å². The number of carbonyl (C=O) groups excluding carboxylic acids is 1. The van der Waals surface area contributed by atoms with Gasteiger partial charge >= 0.3 is 12.3 Å². The normalized spacial score (nSPS) is 18.9. The molecule has 0 bridgehead atoms. The third-order valence-electron chi connectivity index (χ3n) is 5.68. The second-order valence-corrected chi connectivity index (χ2v) is 7.64. The van der Waals surface area contributed by atoms with Crippen LogP contribution in [0, 0.1) is 0 Å². The Morgan fingerprint density at radius 1 is 1.03 bits per heavy atom. The van der Waals surface area contributed by atoms with Gasteiger partial charge in [-0.15, -0.1) is 0 Å². The van der Waals surface area contributed by atoms with Gasteiger partial charge in [-0.3, -0.25) is 9.69 Å². The number of hydrogen-bond acceptors (Lipinski definition) is 3. The van der Waals surface area contributed by atoms with E-state index in [-0.39, 0.29) is 19.1 Å². The monoisotopic (exact) mass is 434 g/mol. The third-order valence-corrected chi connectivity index (χ3v) is 5.68. The fraction of sp³-hybridized carbons (Fsp3) is 0.364. The summed E-state index contributed by atoms with van der Waals surface area (Å²) >= 11 is 0. The van der Waals surface area contributed by atoms with E-state index in [9.17, 15) is 27.9 Å². The number of fused-ring (bicyclic) bond motifs is 1. The first-order valence-corrected chi connectivity index (χ1v) is 9.96. The summed E-state index contributed by atoms with van der Waals surface area (Å²) in [6.07, 6.45) is -4.37. The lowest BCUT2D eigenvalue weighted by Gasteiger charge is -2.27. The molecule has 0 radical (unpaired) electrons. The molecule has 2 aliphatic heterocycles. The lowest BCUT2D eigenvalue weighted by atomic mass is 10.0. The minimum atomic E-state index is -4.40. The van der Waals surface area contributed by atoms with Gasteiger partial charge in [0, 0.05) is 18.7 Å². The van der Waals surface area contributed by atoms with E-state index in [4.69, 9.17) is 4.74 Å². The van der Waals surface area contributed by atoms with Gasteiger partial charge in [0.05, 0.1) is 12.1 Å². The maximum Gasteiger partial charge on any atom is 0.416 e. The van der Waals surface area contributed by atoms with E-state index in [1.165, 1.54) is 17.0 Å². The summed E-state index contributed by atoms with van der Waals surface area (Å²) in [6, 6.07) is 9.51. The Hall–Kier alpha value is -3.23. The van der Waals surface area contributed by atoms with Crippen LogP contribution in [-0.2, 0) is 17.5 Å². The highest BCUT2D eigenvalue weighted by molar-refractivity contribution is 5.86. The third kappa shape index (κ3) is 4.30. The van der Waals surface area contributed by atoms with Crippen molar-refractivity contribution in [1.29, 1.82) is 0 Å². The Labute approximate surface area is 176 Å². The fourth-order valence-electron chi connectivity index (χ4n) is 4.08. The summed E-state index contributed by atoms with van der Waals surface area (Å²) in [5.74, 6) is 0.351. The van der Waals surface area contributed by atoms with Crippen LogP contribution in [0.5, 0.6) is 5.75 Å². The Bertz CT molecular complexity index is 991. The fourth-order valence-corrected chi connectivity index (χ4v) is 4.08. The average Bonchev–Trinajstić information content (AvgIpc) is 3.13. The molecule has 1 fully saturated rings. The van der Waals surface area contributed by atoms with Crippen LogP contribution in [0.1, 0.15) is 24.0 Å². The number of benzene rings is 2. The molecule has 2 aliphatic rings. The van der Waals surface area contributed by atoms with Crippen molar-refractivity contribution >= 4 is 12.0 Å². The number of carboxylic acid groups (broad SMARTS) is 1. The van der Waals surface area contributed by atoms with Gasteiger partial charge < -0.3 is 14.7 Å². The smallest absolute Gasteiger partial charge is 0.416 e. The van der Waals surface area contributed by atoms with Gasteiger partial charge in [-0.2, -0.15) is 13.2 Å². The molecule has 0 saturated carbocycles. The molecule has 6 nitrogen and oxygen atoms in total. The van der Waals surface area contributed by atoms with Crippen LogP contribution in [0.15, 0.2) is 42.5 Å². The Morgan fingerprint density at radius 2 is 1.74 bits per heavy atom. The van der Waals surface area contributed by atoms with E-state index in [1.54, 1.807) is 23.1 Å². The van der Waals surface area contributed by atoms with Crippen LogP contribution in [0.3, 0.4) is 0 Å². The van der Waals surface area contributed by atoms with E-state index in [2.05, 4.69) is 0 Å². The van der Waals surface area contributed by atoms with E-state index in [0.717, 1.165) is 17.7 Å². The first-order chi connectivity index (χ1) is 14.7. The van der Waals surface area contributed by atoms with Crippen LogP contribution in [0.2, 0.25) is 0 Å². The van der Waals surface area contributed by atoms with E-state index >= 15 is 0 Å². The zero-order valence-electron chi connectivity index (χ0n) is 16.6. The Morgan fingerprint density at radius 3 is 2.42 bits per heavy atom. The molecule has 0 aromatic heterocycles. The summed E-state index contributed by atoms with van der Waals surface area (Å²) in [4.78, 5) is 27.2. The highest BCUT2D eigenvalue weighted by Gasteiger charge is 2.37. The first kappa shape index (κ1) is 21.0. The first-order valence-electron chi connectivity index (χ1n) is 9.96. The molecule has 2 aromatic rings. The minimum absolute atomic E-state index is 0.243. The topological polar surface area (TPSA) is 70.1 Å². The van der Waals surface area contributed by atoms with Crippen molar-refractivity contribution in [2.75, 3.05) is 19.7 Å². The summed E-state index contributed by atoms with van der Waals surface area (Å²) < 4.78 is 44.2. The van der Waals surface area contributed by atoms with Gasteiger partial charge in [-0.1, -0.05) is 18.2 Å². The summed E-state index contributed by atoms with van der Waals surface area (Å²) in [7, 11) is 0. The van der Waals surface area contributed by atoms with E-state index in [1.807, 2.05) is 0 Å².